The van der Waals surface area contributed by atoms with E-state index in [1.807, 2.05) is 24.8 Å². The van der Waals surface area contributed by atoms with Crippen molar-refractivity contribution in [3.8, 4) is 0 Å². The molecule has 1 aliphatic rings. The molecule has 2 nitrogen and oxygen atoms in total. The van der Waals surface area contributed by atoms with Crippen LogP contribution in [0, 0.1) is 5.92 Å². The van der Waals surface area contributed by atoms with Crippen molar-refractivity contribution in [2.45, 2.75) is 32.1 Å². The van der Waals surface area contributed by atoms with E-state index in [9.17, 15) is 4.79 Å². The van der Waals surface area contributed by atoms with E-state index in [-0.39, 0.29) is 17.1 Å². The zero-order chi connectivity index (χ0) is 12.4. The number of nitrogens with zero attached hydrogens (tertiary/aromatic N) is 1. The standard InChI is InChI=1S/C14H19NOS/c1-10(2)13(17)14(16)15-8-7-11-5-3-4-6-12(11)9-15/h3-6,10,13,17H,7-9H2,1-2H3. The van der Waals surface area contributed by atoms with Gasteiger partial charge in [0.05, 0.1) is 5.25 Å². The van der Waals surface area contributed by atoms with Crippen molar-refractivity contribution in [3.63, 3.8) is 0 Å². The lowest BCUT2D eigenvalue weighted by Crippen LogP contribution is -2.41. The Labute approximate surface area is 108 Å². The topological polar surface area (TPSA) is 20.3 Å². The summed E-state index contributed by atoms with van der Waals surface area (Å²) in [5.41, 5.74) is 2.65. The summed E-state index contributed by atoms with van der Waals surface area (Å²) in [4.78, 5) is 14.1. The van der Waals surface area contributed by atoms with E-state index in [1.54, 1.807) is 0 Å². The molecule has 0 saturated heterocycles. The summed E-state index contributed by atoms with van der Waals surface area (Å²) in [5.74, 6) is 0.445. The number of amides is 1. The second-order valence-corrected chi connectivity index (χ2v) is 5.52. The third kappa shape index (κ3) is 2.65. The smallest absolute Gasteiger partial charge is 0.235 e. The Bertz CT molecular complexity index is 416. The van der Waals surface area contributed by atoms with Crippen molar-refractivity contribution in [2.24, 2.45) is 5.92 Å². The molecule has 0 saturated carbocycles. The first kappa shape index (κ1) is 12.5. The first-order valence-corrected chi connectivity index (χ1v) is 6.65. The van der Waals surface area contributed by atoms with Crippen LogP contribution in [0.4, 0.5) is 0 Å². The fraction of sp³-hybridized carbons (Fsp3) is 0.500. The maximum atomic E-state index is 12.2. The highest BCUT2D eigenvalue weighted by atomic mass is 32.1. The molecular formula is C14H19NOS. The van der Waals surface area contributed by atoms with Gasteiger partial charge in [0.1, 0.15) is 0 Å². The first-order chi connectivity index (χ1) is 8.09. The van der Waals surface area contributed by atoms with Crippen molar-refractivity contribution in [1.82, 2.24) is 4.90 Å². The van der Waals surface area contributed by atoms with Crippen molar-refractivity contribution < 1.29 is 4.79 Å². The minimum absolute atomic E-state index is 0.165. The molecule has 1 aromatic rings. The maximum Gasteiger partial charge on any atom is 0.235 e. The number of rotatable bonds is 2. The first-order valence-electron chi connectivity index (χ1n) is 6.13. The molecular weight excluding hydrogens is 230 g/mol. The second-order valence-electron chi connectivity index (χ2n) is 4.97. The van der Waals surface area contributed by atoms with Gasteiger partial charge in [0.25, 0.3) is 0 Å². The molecule has 3 heteroatoms. The Balaban J connectivity index is 2.10. The van der Waals surface area contributed by atoms with Crippen LogP contribution in [0.25, 0.3) is 0 Å². The van der Waals surface area contributed by atoms with Gasteiger partial charge in [0.2, 0.25) is 5.91 Å². The van der Waals surface area contributed by atoms with Gasteiger partial charge >= 0.3 is 0 Å². The van der Waals surface area contributed by atoms with E-state index in [4.69, 9.17) is 0 Å². The zero-order valence-corrected chi connectivity index (χ0v) is 11.3. The highest BCUT2D eigenvalue weighted by Crippen LogP contribution is 2.21. The van der Waals surface area contributed by atoms with Crippen molar-refractivity contribution in [3.05, 3.63) is 35.4 Å². The largest absolute Gasteiger partial charge is 0.337 e. The molecule has 0 bridgehead atoms. The van der Waals surface area contributed by atoms with Crippen LogP contribution >= 0.6 is 12.6 Å². The molecule has 92 valence electrons. The number of hydrogen-bond acceptors (Lipinski definition) is 2. The van der Waals surface area contributed by atoms with E-state index < -0.39 is 0 Å². The van der Waals surface area contributed by atoms with Crippen molar-refractivity contribution in [2.75, 3.05) is 6.54 Å². The van der Waals surface area contributed by atoms with Gasteiger partial charge < -0.3 is 4.90 Å². The number of benzene rings is 1. The van der Waals surface area contributed by atoms with Crippen LogP contribution in [0.1, 0.15) is 25.0 Å². The van der Waals surface area contributed by atoms with E-state index in [0.717, 1.165) is 19.5 Å². The molecule has 1 aromatic carbocycles. The minimum Gasteiger partial charge on any atom is -0.337 e. The van der Waals surface area contributed by atoms with Gasteiger partial charge in [-0.25, -0.2) is 0 Å². The monoisotopic (exact) mass is 249 g/mol. The SMILES string of the molecule is CC(C)C(S)C(=O)N1CCc2ccccc2C1. The molecule has 1 heterocycles. The Morgan fingerprint density at radius 1 is 1.29 bits per heavy atom. The summed E-state index contributed by atoms with van der Waals surface area (Å²) >= 11 is 4.41. The molecule has 0 aromatic heterocycles. The summed E-state index contributed by atoms with van der Waals surface area (Å²) in [6.07, 6.45) is 0.959. The minimum atomic E-state index is -0.180. The molecule has 1 atom stereocenters. The normalized spacial score (nSPS) is 16.8. The fourth-order valence-corrected chi connectivity index (χ4v) is 2.32. The second kappa shape index (κ2) is 5.13. The lowest BCUT2D eigenvalue weighted by Gasteiger charge is -2.31. The van der Waals surface area contributed by atoms with Gasteiger partial charge in [0, 0.05) is 13.1 Å². The van der Waals surface area contributed by atoms with E-state index in [1.165, 1.54) is 11.1 Å². The summed E-state index contributed by atoms with van der Waals surface area (Å²) in [7, 11) is 0. The van der Waals surface area contributed by atoms with Crippen molar-refractivity contribution >= 4 is 18.5 Å². The third-order valence-electron chi connectivity index (χ3n) is 3.33. The molecule has 0 fully saturated rings. The lowest BCUT2D eigenvalue weighted by molar-refractivity contribution is -0.132. The van der Waals surface area contributed by atoms with Crippen LogP contribution in [-0.4, -0.2) is 22.6 Å². The van der Waals surface area contributed by atoms with Crippen LogP contribution < -0.4 is 0 Å². The maximum absolute atomic E-state index is 12.2. The lowest BCUT2D eigenvalue weighted by atomic mass is 9.99. The summed E-state index contributed by atoms with van der Waals surface area (Å²) in [6.45, 7) is 5.62. The van der Waals surface area contributed by atoms with Gasteiger partial charge in [0.15, 0.2) is 0 Å². The summed E-state index contributed by atoms with van der Waals surface area (Å²) < 4.78 is 0. The molecule has 0 radical (unpaired) electrons. The Morgan fingerprint density at radius 3 is 2.59 bits per heavy atom. The van der Waals surface area contributed by atoms with Gasteiger partial charge in [-0.15, -0.1) is 0 Å². The van der Waals surface area contributed by atoms with Crippen molar-refractivity contribution in [1.29, 1.82) is 0 Å². The molecule has 2 rings (SSSR count). The number of thiol groups is 1. The number of hydrogen-bond donors (Lipinski definition) is 1. The molecule has 1 unspecified atom stereocenters. The Kier molecular flexibility index (Phi) is 3.77. The van der Waals surface area contributed by atoms with Crippen LogP contribution in [-0.2, 0) is 17.8 Å². The van der Waals surface area contributed by atoms with Gasteiger partial charge in [-0.1, -0.05) is 38.1 Å². The average Bonchev–Trinajstić information content (AvgIpc) is 2.36. The molecule has 0 spiro atoms. The molecule has 0 N–H and O–H groups in total. The highest BCUT2D eigenvalue weighted by Gasteiger charge is 2.26. The van der Waals surface area contributed by atoms with E-state index in [2.05, 4.69) is 30.8 Å². The highest BCUT2D eigenvalue weighted by molar-refractivity contribution is 7.81. The number of carbonyl (C=O) groups is 1. The summed E-state index contributed by atoms with van der Waals surface area (Å²) in [6, 6.07) is 8.36. The predicted octanol–water partition coefficient (Wildman–Crippen LogP) is 2.53. The van der Waals surface area contributed by atoms with Gasteiger partial charge in [-0.2, -0.15) is 12.6 Å². The van der Waals surface area contributed by atoms with Crippen LogP contribution in [0.2, 0.25) is 0 Å². The predicted molar refractivity (Wildman–Crippen MR) is 73.2 cm³/mol. The molecule has 1 amide bonds. The summed E-state index contributed by atoms with van der Waals surface area (Å²) in [5, 5.41) is -0.180. The quantitative estimate of drug-likeness (QED) is 0.799. The number of fused-ring (bicyclic) bond motifs is 1. The average molecular weight is 249 g/mol. The van der Waals surface area contributed by atoms with Gasteiger partial charge in [-0.05, 0) is 23.5 Å². The molecule has 17 heavy (non-hydrogen) atoms. The molecule has 0 aliphatic carbocycles. The van der Waals surface area contributed by atoms with Crippen LogP contribution in [0.3, 0.4) is 0 Å². The van der Waals surface area contributed by atoms with E-state index >= 15 is 0 Å². The Morgan fingerprint density at radius 2 is 1.94 bits per heavy atom. The molecule has 1 aliphatic heterocycles. The zero-order valence-electron chi connectivity index (χ0n) is 10.4. The van der Waals surface area contributed by atoms with Gasteiger partial charge in [-0.3, -0.25) is 4.79 Å². The fourth-order valence-electron chi connectivity index (χ4n) is 2.16. The van der Waals surface area contributed by atoms with E-state index in [0.29, 0.717) is 0 Å². The number of carbonyl (C=O) groups excluding carboxylic acids is 1. The third-order valence-corrected chi connectivity index (χ3v) is 4.14. The Hall–Kier alpha value is -0.960. The van der Waals surface area contributed by atoms with Crippen LogP contribution in [0.15, 0.2) is 24.3 Å². The van der Waals surface area contributed by atoms with Crippen LogP contribution in [0.5, 0.6) is 0 Å².